The van der Waals surface area contributed by atoms with Gasteiger partial charge in [0.05, 0.1) is 6.04 Å². The van der Waals surface area contributed by atoms with Crippen molar-refractivity contribution in [3.8, 4) is 11.4 Å². The van der Waals surface area contributed by atoms with E-state index in [0.29, 0.717) is 11.7 Å². The van der Waals surface area contributed by atoms with Crippen LogP contribution < -0.4 is 5.73 Å². The van der Waals surface area contributed by atoms with E-state index in [1.165, 1.54) is 5.56 Å². The molecule has 0 aliphatic heterocycles. The van der Waals surface area contributed by atoms with E-state index < -0.39 is 0 Å². The summed E-state index contributed by atoms with van der Waals surface area (Å²) >= 11 is 3.48. The Bertz CT molecular complexity index is 508. The van der Waals surface area contributed by atoms with Gasteiger partial charge in [0.2, 0.25) is 11.7 Å². The van der Waals surface area contributed by atoms with Crippen molar-refractivity contribution in [1.82, 2.24) is 10.1 Å². The predicted molar refractivity (Wildman–Crippen MR) is 64.8 cm³/mol. The van der Waals surface area contributed by atoms with Crippen LogP contribution in [0.25, 0.3) is 11.4 Å². The van der Waals surface area contributed by atoms with Crippen molar-refractivity contribution in [2.45, 2.75) is 19.9 Å². The molecular formula is C11H12BrN3O. The van der Waals surface area contributed by atoms with E-state index >= 15 is 0 Å². The summed E-state index contributed by atoms with van der Waals surface area (Å²) < 4.78 is 6.01. The Labute approximate surface area is 102 Å². The van der Waals surface area contributed by atoms with Gasteiger partial charge in [0.15, 0.2) is 0 Å². The lowest BCUT2D eigenvalue weighted by molar-refractivity contribution is 0.362. The first-order chi connectivity index (χ1) is 7.58. The Morgan fingerprint density at radius 2 is 2.19 bits per heavy atom. The number of benzene rings is 1. The summed E-state index contributed by atoms with van der Waals surface area (Å²) in [6.45, 7) is 3.83. The molecule has 2 N–H and O–H groups in total. The molecule has 0 saturated heterocycles. The first-order valence-electron chi connectivity index (χ1n) is 4.93. The van der Waals surface area contributed by atoms with Crippen LogP contribution in [-0.2, 0) is 0 Å². The molecule has 1 aromatic carbocycles. The number of aryl methyl sites for hydroxylation is 1. The van der Waals surface area contributed by atoms with Gasteiger partial charge in [-0.1, -0.05) is 27.2 Å². The third kappa shape index (κ3) is 2.15. The standard InChI is InChI=1S/C11H12BrN3O/c1-6-3-4-8(9(12)5-6)10-14-11(7(2)13)16-15-10/h3-5,7H,13H2,1-2H3/t7-/m0/s1. The van der Waals surface area contributed by atoms with Crippen molar-refractivity contribution in [2.24, 2.45) is 5.73 Å². The Hall–Kier alpha value is -1.20. The molecule has 16 heavy (non-hydrogen) atoms. The number of hydrogen-bond acceptors (Lipinski definition) is 4. The molecule has 0 bridgehead atoms. The molecule has 0 saturated carbocycles. The van der Waals surface area contributed by atoms with E-state index in [4.69, 9.17) is 10.3 Å². The molecule has 1 heterocycles. The summed E-state index contributed by atoms with van der Waals surface area (Å²) in [7, 11) is 0. The van der Waals surface area contributed by atoms with Gasteiger partial charge >= 0.3 is 0 Å². The lowest BCUT2D eigenvalue weighted by Crippen LogP contribution is -2.04. The highest BCUT2D eigenvalue weighted by Crippen LogP contribution is 2.27. The van der Waals surface area contributed by atoms with Crippen LogP contribution in [-0.4, -0.2) is 10.1 Å². The van der Waals surface area contributed by atoms with Gasteiger partial charge in [-0.3, -0.25) is 0 Å². The average Bonchev–Trinajstić information content (AvgIpc) is 2.66. The molecule has 0 unspecified atom stereocenters. The smallest absolute Gasteiger partial charge is 0.243 e. The van der Waals surface area contributed by atoms with Gasteiger partial charge < -0.3 is 10.3 Å². The first-order valence-corrected chi connectivity index (χ1v) is 5.73. The number of halogens is 1. The molecule has 2 aromatic rings. The molecular weight excluding hydrogens is 270 g/mol. The second kappa shape index (κ2) is 4.35. The lowest BCUT2D eigenvalue weighted by Gasteiger charge is -2.00. The first kappa shape index (κ1) is 11.3. The third-order valence-corrected chi connectivity index (χ3v) is 2.85. The van der Waals surface area contributed by atoms with Crippen molar-refractivity contribution in [3.05, 3.63) is 34.1 Å². The number of hydrogen-bond donors (Lipinski definition) is 1. The highest BCUT2D eigenvalue weighted by atomic mass is 79.9. The van der Waals surface area contributed by atoms with Crippen LogP contribution in [0, 0.1) is 6.92 Å². The fourth-order valence-corrected chi connectivity index (χ4v) is 2.00. The maximum atomic E-state index is 5.66. The van der Waals surface area contributed by atoms with E-state index in [-0.39, 0.29) is 6.04 Å². The van der Waals surface area contributed by atoms with Crippen LogP contribution in [0.5, 0.6) is 0 Å². The maximum absolute atomic E-state index is 5.66. The normalized spacial score (nSPS) is 12.8. The van der Waals surface area contributed by atoms with Crippen molar-refractivity contribution in [1.29, 1.82) is 0 Å². The van der Waals surface area contributed by atoms with Crippen LogP contribution in [0.2, 0.25) is 0 Å². The summed E-state index contributed by atoms with van der Waals surface area (Å²) in [6, 6.07) is 5.72. The van der Waals surface area contributed by atoms with Crippen LogP contribution in [0.1, 0.15) is 24.4 Å². The SMILES string of the molecule is Cc1ccc(-c2noc([C@H](C)N)n2)c(Br)c1. The van der Waals surface area contributed by atoms with Crippen LogP contribution >= 0.6 is 15.9 Å². The summed E-state index contributed by atoms with van der Waals surface area (Å²) in [5.41, 5.74) is 7.74. The molecule has 5 heteroatoms. The Balaban J connectivity index is 2.42. The van der Waals surface area contributed by atoms with E-state index in [1.807, 2.05) is 32.0 Å². The van der Waals surface area contributed by atoms with Crippen molar-refractivity contribution < 1.29 is 4.52 Å². The quantitative estimate of drug-likeness (QED) is 0.919. The number of aromatic nitrogens is 2. The van der Waals surface area contributed by atoms with Gasteiger partial charge in [-0.2, -0.15) is 4.98 Å². The van der Waals surface area contributed by atoms with Gasteiger partial charge in [-0.05, 0) is 31.5 Å². The summed E-state index contributed by atoms with van der Waals surface area (Å²) in [6.07, 6.45) is 0. The molecule has 4 nitrogen and oxygen atoms in total. The Morgan fingerprint density at radius 1 is 1.44 bits per heavy atom. The lowest BCUT2D eigenvalue weighted by atomic mass is 10.1. The molecule has 0 fully saturated rings. The molecule has 84 valence electrons. The number of nitrogens with two attached hydrogens (primary N) is 1. The van der Waals surface area contributed by atoms with Gasteiger partial charge in [0.1, 0.15) is 0 Å². The molecule has 0 aliphatic carbocycles. The van der Waals surface area contributed by atoms with Crippen LogP contribution in [0.15, 0.2) is 27.2 Å². The minimum Gasteiger partial charge on any atom is -0.337 e. The summed E-state index contributed by atoms with van der Waals surface area (Å²) in [5.74, 6) is 1.00. The highest BCUT2D eigenvalue weighted by Gasteiger charge is 2.13. The Morgan fingerprint density at radius 3 is 2.75 bits per heavy atom. The average molecular weight is 282 g/mol. The molecule has 0 spiro atoms. The molecule has 2 rings (SSSR count). The van der Waals surface area contributed by atoms with E-state index in [2.05, 4.69) is 26.1 Å². The minimum atomic E-state index is -0.245. The van der Waals surface area contributed by atoms with E-state index in [1.54, 1.807) is 0 Å². The van der Waals surface area contributed by atoms with Gasteiger partial charge in [0.25, 0.3) is 0 Å². The monoisotopic (exact) mass is 281 g/mol. The predicted octanol–water partition coefficient (Wildman–Crippen LogP) is 2.83. The molecule has 0 radical (unpaired) electrons. The fourth-order valence-electron chi connectivity index (χ4n) is 1.33. The zero-order valence-electron chi connectivity index (χ0n) is 9.07. The highest BCUT2D eigenvalue weighted by molar-refractivity contribution is 9.10. The maximum Gasteiger partial charge on any atom is 0.243 e. The molecule has 0 amide bonds. The number of rotatable bonds is 2. The largest absolute Gasteiger partial charge is 0.337 e. The zero-order chi connectivity index (χ0) is 11.7. The molecule has 0 aliphatic rings. The summed E-state index contributed by atoms with van der Waals surface area (Å²) in [5, 5.41) is 3.90. The van der Waals surface area contributed by atoms with Gasteiger partial charge in [-0.25, -0.2) is 0 Å². The van der Waals surface area contributed by atoms with Gasteiger partial charge in [0, 0.05) is 10.0 Å². The minimum absolute atomic E-state index is 0.245. The second-order valence-corrected chi connectivity index (χ2v) is 4.58. The topological polar surface area (TPSA) is 64.9 Å². The van der Waals surface area contributed by atoms with E-state index in [0.717, 1.165) is 10.0 Å². The van der Waals surface area contributed by atoms with Crippen molar-refractivity contribution in [3.63, 3.8) is 0 Å². The zero-order valence-corrected chi connectivity index (χ0v) is 10.7. The fraction of sp³-hybridized carbons (Fsp3) is 0.273. The van der Waals surface area contributed by atoms with Crippen LogP contribution in [0.4, 0.5) is 0 Å². The Kier molecular flexibility index (Phi) is 3.07. The van der Waals surface area contributed by atoms with Gasteiger partial charge in [-0.15, -0.1) is 0 Å². The molecule has 1 aromatic heterocycles. The van der Waals surface area contributed by atoms with Crippen LogP contribution in [0.3, 0.4) is 0 Å². The molecule has 1 atom stereocenters. The summed E-state index contributed by atoms with van der Waals surface area (Å²) in [4.78, 5) is 4.24. The number of nitrogens with zero attached hydrogens (tertiary/aromatic N) is 2. The van der Waals surface area contributed by atoms with Crippen molar-refractivity contribution in [2.75, 3.05) is 0 Å². The second-order valence-electron chi connectivity index (χ2n) is 3.73. The van der Waals surface area contributed by atoms with Crippen molar-refractivity contribution >= 4 is 15.9 Å². The third-order valence-electron chi connectivity index (χ3n) is 2.20. The van der Waals surface area contributed by atoms with E-state index in [9.17, 15) is 0 Å².